The summed E-state index contributed by atoms with van der Waals surface area (Å²) < 4.78 is 19.1. The summed E-state index contributed by atoms with van der Waals surface area (Å²) in [6.45, 7) is 5.21. The number of amides is 1. The second kappa shape index (κ2) is 12.9. The second-order valence-corrected chi connectivity index (χ2v) is 11.5. The predicted octanol–water partition coefficient (Wildman–Crippen LogP) is 3.54. The highest BCUT2D eigenvalue weighted by Gasteiger charge is 2.29. The van der Waals surface area contributed by atoms with Crippen molar-refractivity contribution in [1.82, 2.24) is 24.4 Å². The molecule has 0 saturated carbocycles. The number of aromatic nitrogens is 4. The summed E-state index contributed by atoms with van der Waals surface area (Å²) in [6.07, 6.45) is 3.17. The Bertz CT molecular complexity index is 1400. The number of rotatable bonds is 8. The van der Waals surface area contributed by atoms with Gasteiger partial charge in [-0.1, -0.05) is 11.8 Å². The van der Waals surface area contributed by atoms with Gasteiger partial charge in [0.05, 0.1) is 0 Å². The van der Waals surface area contributed by atoms with Gasteiger partial charge in [0.25, 0.3) is 5.91 Å². The number of esters is 1. The van der Waals surface area contributed by atoms with Gasteiger partial charge in [-0.25, -0.2) is 15.0 Å². The van der Waals surface area contributed by atoms with Crippen LogP contribution in [0.4, 0.5) is 5.82 Å². The molecule has 15 heteroatoms. The number of piperidine rings is 1. The largest absolute Gasteiger partial charge is 0.454 e. The van der Waals surface area contributed by atoms with Gasteiger partial charge in [0.15, 0.2) is 39.7 Å². The first-order valence-corrected chi connectivity index (χ1v) is 14.3. The molecule has 2 aromatic heterocycles. The molecule has 2 aliphatic rings. The fourth-order valence-electron chi connectivity index (χ4n) is 4.63. The quantitative estimate of drug-likeness (QED) is 0.331. The first kappa shape index (κ1) is 30.3. The Morgan fingerprint density at radius 2 is 1.90 bits per heavy atom. The van der Waals surface area contributed by atoms with Crippen LogP contribution in [0, 0.1) is 5.92 Å². The number of carbonyl (C=O) groups is 2. The number of carbonyl (C=O) groups excluding carboxylic acids is 2. The molecule has 4 N–H and O–H groups in total. The lowest BCUT2D eigenvalue weighted by molar-refractivity contribution is -0.160. The third-order valence-corrected chi connectivity index (χ3v) is 8.82. The van der Waals surface area contributed by atoms with Crippen LogP contribution in [0.1, 0.15) is 33.1 Å². The lowest BCUT2D eigenvalue weighted by Crippen LogP contribution is -2.45. The highest BCUT2D eigenvalue weighted by molar-refractivity contribution is 9.10. The predicted molar refractivity (Wildman–Crippen MR) is 158 cm³/mol. The number of fused-ring (bicyclic) bond motifs is 2. The highest BCUT2D eigenvalue weighted by Crippen LogP contribution is 2.43. The summed E-state index contributed by atoms with van der Waals surface area (Å²) in [5.74, 6) is 1.35. The first-order valence-electron chi connectivity index (χ1n) is 12.7. The van der Waals surface area contributed by atoms with E-state index in [1.807, 2.05) is 12.1 Å². The number of ether oxygens (including phenoxy) is 3. The van der Waals surface area contributed by atoms with Crippen LogP contribution < -0.4 is 20.9 Å². The molecule has 0 aliphatic carbocycles. The molecule has 0 bridgehead atoms. The Kier molecular flexibility index (Phi) is 9.80. The van der Waals surface area contributed by atoms with Gasteiger partial charge in [0, 0.05) is 29.0 Å². The fourth-order valence-corrected chi connectivity index (χ4v) is 6.14. The molecule has 2 atom stereocenters. The van der Waals surface area contributed by atoms with Crippen LogP contribution in [0.15, 0.2) is 33.0 Å². The molecular formula is C25H31Br2N7O5S. The van der Waals surface area contributed by atoms with Gasteiger partial charge in [0.1, 0.15) is 12.4 Å². The third kappa shape index (κ3) is 6.47. The zero-order valence-corrected chi connectivity index (χ0v) is 26.2. The second-order valence-electron chi connectivity index (χ2n) is 9.64. The number of nitrogens with zero attached hydrogens (tertiary/aromatic N) is 5. The maximum Gasteiger partial charge on any atom is 0.323 e. The van der Waals surface area contributed by atoms with Gasteiger partial charge in [0.2, 0.25) is 6.79 Å². The van der Waals surface area contributed by atoms with Crippen molar-refractivity contribution in [2.45, 2.75) is 61.9 Å². The van der Waals surface area contributed by atoms with E-state index in [-0.39, 0.29) is 29.7 Å². The number of hydrogen-bond acceptors (Lipinski definition) is 11. The number of likely N-dealkylation sites (tertiary alicyclic amines) is 1. The summed E-state index contributed by atoms with van der Waals surface area (Å²) in [5.41, 5.74) is 12.9. The maximum atomic E-state index is 12.7. The van der Waals surface area contributed by atoms with E-state index in [4.69, 9.17) is 30.7 Å². The average molecular weight is 701 g/mol. The standard InChI is InChI=1S/C25H30BrN7O5S.BrH/c1-13(27)24(35)38-14(2)23(34)32-6-3-15(4-7-32)5-8-33-22-20(21(28)29-11-30-22)31-25(33)39-19-10-18-17(9-16(19)26)36-12-37-18;/h9-11,13-15H,3-8,12,27H2,1-2H3,(H2,28,29,30);1H/t13-,14-;/m0./s1. The molecule has 216 valence electrons. The summed E-state index contributed by atoms with van der Waals surface area (Å²) >= 11 is 5.11. The number of benzene rings is 1. The summed E-state index contributed by atoms with van der Waals surface area (Å²) in [7, 11) is 0. The SMILES string of the molecule is Br.C[C@H](N)C(=O)O[C@@H](C)C(=O)N1CCC(CCn2c(Sc3cc4c(cc3Br)OCO4)nc3c(N)ncnc32)CC1. The van der Waals surface area contributed by atoms with Crippen molar-refractivity contribution in [1.29, 1.82) is 0 Å². The van der Waals surface area contributed by atoms with Gasteiger partial charge in [-0.3, -0.25) is 9.59 Å². The number of anilines is 1. The van der Waals surface area contributed by atoms with Crippen LogP contribution in [-0.2, 0) is 20.9 Å². The lowest BCUT2D eigenvalue weighted by Gasteiger charge is -2.33. The van der Waals surface area contributed by atoms with E-state index in [1.54, 1.807) is 11.8 Å². The van der Waals surface area contributed by atoms with Crippen LogP contribution in [0.25, 0.3) is 11.2 Å². The molecule has 1 aromatic carbocycles. The van der Waals surface area contributed by atoms with E-state index in [1.165, 1.54) is 25.0 Å². The lowest BCUT2D eigenvalue weighted by atomic mass is 9.93. The highest BCUT2D eigenvalue weighted by atomic mass is 79.9. The van der Waals surface area contributed by atoms with Crippen molar-refractivity contribution in [3.63, 3.8) is 0 Å². The smallest absolute Gasteiger partial charge is 0.323 e. The molecule has 12 nitrogen and oxygen atoms in total. The molecule has 1 amide bonds. The number of aryl methyl sites for hydroxylation is 1. The van der Waals surface area contributed by atoms with E-state index in [0.717, 1.165) is 33.8 Å². The van der Waals surface area contributed by atoms with Crippen molar-refractivity contribution in [3.8, 4) is 11.5 Å². The van der Waals surface area contributed by atoms with Crippen LogP contribution in [0.5, 0.6) is 11.5 Å². The zero-order valence-electron chi connectivity index (χ0n) is 22.0. The van der Waals surface area contributed by atoms with Crippen molar-refractivity contribution >= 4 is 73.5 Å². The summed E-state index contributed by atoms with van der Waals surface area (Å²) in [4.78, 5) is 40.5. The topological polar surface area (TPSA) is 161 Å². The number of halogens is 2. The van der Waals surface area contributed by atoms with Crippen molar-refractivity contribution in [2.75, 3.05) is 25.6 Å². The van der Waals surface area contributed by atoms with Crippen LogP contribution in [0.2, 0.25) is 0 Å². The van der Waals surface area contributed by atoms with Gasteiger partial charge in [-0.05, 0) is 67.1 Å². The minimum absolute atomic E-state index is 0. The molecule has 40 heavy (non-hydrogen) atoms. The zero-order chi connectivity index (χ0) is 27.7. The van der Waals surface area contributed by atoms with Gasteiger partial charge in [-0.2, -0.15) is 0 Å². The normalized spacial score (nSPS) is 16.4. The van der Waals surface area contributed by atoms with E-state index >= 15 is 0 Å². The molecule has 5 rings (SSSR count). The average Bonchev–Trinajstić information content (AvgIpc) is 3.51. The Labute approximate surface area is 254 Å². The van der Waals surface area contributed by atoms with Gasteiger partial charge < -0.3 is 35.1 Å². The first-order chi connectivity index (χ1) is 18.7. The van der Waals surface area contributed by atoms with Crippen molar-refractivity contribution < 1.29 is 23.8 Å². The molecule has 3 aromatic rings. The van der Waals surface area contributed by atoms with E-state index < -0.39 is 18.1 Å². The minimum atomic E-state index is -0.849. The molecular weight excluding hydrogens is 670 g/mol. The Morgan fingerprint density at radius 3 is 2.60 bits per heavy atom. The van der Waals surface area contributed by atoms with Gasteiger partial charge >= 0.3 is 5.97 Å². The molecule has 2 aliphatic heterocycles. The molecule has 1 fully saturated rings. The Morgan fingerprint density at radius 1 is 1.20 bits per heavy atom. The monoisotopic (exact) mass is 699 g/mol. The molecule has 0 spiro atoms. The van der Waals surface area contributed by atoms with Crippen molar-refractivity contribution in [3.05, 3.63) is 22.9 Å². The molecule has 1 saturated heterocycles. The fraction of sp³-hybridized carbons (Fsp3) is 0.480. The maximum absolute atomic E-state index is 12.7. The Balaban J connectivity index is 0.00000370. The van der Waals surface area contributed by atoms with Crippen LogP contribution >= 0.6 is 44.7 Å². The molecule has 0 radical (unpaired) electrons. The minimum Gasteiger partial charge on any atom is -0.454 e. The molecule has 0 unspecified atom stereocenters. The summed E-state index contributed by atoms with van der Waals surface area (Å²) in [5, 5.41) is 0.745. The number of imidazole rings is 1. The number of nitrogens with two attached hydrogens (primary N) is 2. The third-order valence-electron chi connectivity index (χ3n) is 6.85. The van der Waals surface area contributed by atoms with Crippen LogP contribution in [0.3, 0.4) is 0 Å². The van der Waals surface area contributed by atoms with E-state index in [0.29, 0.717) is 54.0 Å². The van der Waals surface area contributed by atoms with Crippen LogP contribution in [-0.4, -0.2) is 68.3 Å². The summed E-state index contributed by atoms with van der Waals surface area (Å²) in [6, 6.07) is 3.05. The van der Waals surface area contributed by atoms with Gasteiger partial charge in [-0.15, -0.1) is 17.0 Å². The molecule has 4 heterocycles. The van der Waals surface area contributed by atoms with Crippen molar-refractivity contribution in [2.24, 2.45) is 11.7 Å². The Hall–Kier alpha value is -2.62. The number of nitrogen functional groups attached to an aromatic ring is 1. The van der Waals surface area contributed by atoms with E-state index in [9.17, 15) is 9.59 Å². The van der Waals surface area contributed by atoms with E-state index in [2.05, 4.69) is 30.5 Å². The number of hydrogen-bond donors (Lipinski definition) is 2.